The van der Waals surface area contributed by atoms with Crippen molar-refractivity contribution in [3.8, 4) is 5.75 Å². The predicted molar refractivity (Wildman–Crippen MR) is 96.0 cm³/mol. The minimum Gasteiger partial charge on any atom is -0.484 e. The molecular formula is C14H23Cl2N5O2. The Morgan fingerprint density at radius 1 is 1.26 bits per heavy atom. The molecule has 1 fully saturated rings. The van der Waals surface area contributed by atoms with E-state index in [1.54, 1.807) is 24.3 Å². The topological polar surface area (TPSA) is 83.2 Å². The van der Waals surface area contributed by atoms with Crippen LogP contribution in [0.25, 0.3) is 0 Å². The summed E-state index contributed by atoms with van der Waals surface area (Å²) in [6, 6.07) is 7.15. The van der Waals surface area contributed by atoms with E-state index < -0.39 is 0 Å². The summed E-state index contributed by atoms with van der Waals surface area (Å²) >= 11 is 0. The van der Waals surface area contributed by atoms with Crippen LogP contribution in [0.4, 0.5) is 5.69 Å². The number of piperazine rings is 1. The molecule has 0 aromatic heterocycles. The van der Waals surface area contributed by atoms with Crippen LogP contribution in [0.15, 0.2) is 29.3 Å². The fourth-order valence-electron chi connectivity index (χ4n) is 2.03. The highest BCUT2D eigenvalue weighted by atomic mass is 35.5. The predicted octanol–water partition coefficient (Wildman–Crippen LogP) is 0.806. The number of carbonyl (C=O) groups excluding carboxylic acids is 1. The fraction of sp³-hybridized carbons (Fsp3) is 0.429. The summed E-state index contributed by atoms with van der Waals surface area (Å²) in [5, 5.41) is 0. The van der Waals surface area contributed by atoms with Gasteiger partial charge in [0.25, 0.3) is 5.91 Å². The van der Waals surface area contributed by atoms with Gasteiger partial charge in [-0.2, -0.15) is 0 Å². The van der Waals surface area contributed by atoms with Gasteiger partial charge in [-0.1, -0.05) is 0 Å². The number of carbonyl (C=O) groups is 1. The van der Waals surface area contributed by atoms with Crippen molar-refractivity contribution in [1.29, 1.82) is 0 Å². The molecule has 0 aliphatic carbocycles. The molecular weight excluding hydrogens is 341 g/mol. The van der Waals surface area contributed by atoms with E-state index in [2.05, 4.69) is 22.4 Å². The molecule has 7 nitrogen and oxygen atoms in total. The minimum atomic E-state index is 0. The lowest BCUT2D eigenvalue weighted by Gasteiger charge is -2.32. The average molecular weight is 364 g/mol. The van der Waals surface area contributed by atoms with Gasteiger partial charge in [-0.15, -0.1) is 24.8 Å². The number of nitrogens with zero attached hydrogens (tertiary/aromatic N) is 3. The Morgan fingerprint density at radius 2 is 1.87 bits per heavy atom. The highest BCUT2D eigenvalue weighted by Crippen LogP contribution is 2.17. The molecule has 1 heterocycles. The number of likely N-dealkylation sites (N-methyl/N-ethyl adjacent to an activating group) is 1. The maximum atomic E-state index is 12.0. The summed E-state index contributed by atoms with van der Waals surface area (Å²) in [4.78, 5) is 20.1. The van der Waals surface area contributed by atoms with E-state index in [0.29, 0.717) is 5.75 Å². The molecule has 1 aromatic rings. The van der Waals surface area contributed by atoms with E-state index >= 15 is 0 Å². The Labute approximate surface area is 148 Å². The highest BCUT2D eigenvalue weighted by molar-refractivity contribution is 5.85. The van der Waals surface area contributed by atoms with Crippen molar-refractivity contribution < 1.29 is 9.53 Å². The zero-order valence-electron chi connectivity index (χ0n) is 13.0. The highest BCUT2D eigenvalue weighted by Gasteiger charge is 2.19. The molecule has 0 unspecified atom stereocenters. The van der Waals surface area contributed by atoms with Crippen LogP contribution in [0.2, 0.25) is 0 Å². The average Bonchev–Trinajstić information content (AvgIpc) is 2.52. The first-order chi connectivity index (χ1) is 10.2. The maximum Gasteiger partial charge on any atom is 0.260 e. The van der Waals surface area contributed by atoms with Gasteiger partial charge in [0.1, 0.15) is 12.1 Å². The van der Waals surface area contributed by atoms with Gasteiger partial charge in [-0.05, 0) is 31.3 Å². The van der Waals surface area contributed by atoms with E-state index in [-0.39, 0.29) is 37.3 Å². The number of hydrogen-bond donors (Lipinski definition) is 2. The van der Waals surface area contributed by atoms with Gasteiger partial charge in [-0.3, -0.25) is 4.79 Å². The molecule has 0 atom stereocenters. The SMILES string of the molecule is CN1CCN(C(=O)COc2ccc(N=CNN)cc2)CC1.Cl.Cl. The van der Waals surface area contributed by atoms with Crippen LogP contribution in [0, 0.1) is 0 Å². The molecule has 3 N–H and O–H groups in total. The van der Waals surface area contributed by atoms with Crippen LogP contribution in [0.1, 0.15) is 0 Å². The number of ether oxygens (including phenoxy) is 1. The van der Waals surface area contributed by atoms with Crippen LogP contribution in [0.3, 0.4) is 0 Å². The summed E-state index contributed by atoms with van der Waals surface area (Å²) in [5.41, 5.74) is 3.09. The van der Waals surface area contributed by atoms with Crippen LogP contribution in [-0.2, 0) is 4.79 Å². The Morgan fingerprint density at radius 3 is 2.43 bits per heavy atom. The first kappa shape index (κ1) is 21.5. The van der Waals surface area contributed by atoms with E-state index in [1.807, 2.05) is 4.90 Å². The summed E-state index contributed by atoms with van der Waals surface area (Å²) in [6.45, 7) is 3.41. The maximum absolute atomic E-state index is 12.0. The number of rotatable bonds is 5. The molecule has 130 valence electrons. The third kappa shape index (κ3) is 7.04. The standard InChI is InChI=1S/C14H21N5O2.2ClH/c1-18-6-8-19(9-7-18)14(20)10-21-13-4-2-12(3-5-13)16-11-17-15;;/h2-5,11H,6-10,15H2,1H3,(H,16,17);2*1H. The number of amides is 1. The number of hydrogen-bond acceptors (Lipinski definition) is 5. The normalized spacial score (nSPS) is 14.8. The summed E-state index contributed by atoms with van der Waals surface area (Å²) in [5.74, 6) is 5.77. The van der Waals surface area contributed by atoms with Crippen molar-refractivity contribution in [2.45, 2.75) is 0 Å². The molecule has 1 aromatic carbocycles. The summed E-state index contributed by atoms with van der Waals surface area (Å²) in [7, 11) is 2.06. The third-order valence-electron chi connectivity index (χ3n) is 3.34. The monoisotopic (exact) mass is 363 g/mol. The molecule has 23 heavy (non-hydrogen) atoms. The Bertz CT molecular complexity index is 490. The molecule has 0 bridgehead atoms. The molecule has 1 amide bonds. The van der Waals surface area contributed by atoms with Gasteiger partial charge >= 0.3 is 0 Å². The van der Waals surface area contributed by atoms with Gasteiger partial charge in [0.05, 0.1) is 5.69 Å². The van der Waals surface area contributed by atoms with E-state index in [0.717, 1.165) is 31.9 Å². The lowest BCUT2D eigenvalue weighted by Crippen LogP contribution is -2.48. The second-order valence-electron chi connectivity index (χ2n) is 4.89. The first-order valence-electron chi connectivity index (χ1n) is 6.87. The zero-order chi connectivity index (χ0) is 15.1. The largest absolute Gasteiger partial charge is 0.484 e. The van der Waals surface area contributed by atoms with Crippen LogP contribution in [0.5, 0.6) is 5.75 Å². The van der Waals surface area contributed by atoms with Crippen molar-refractivity contribution in [1.82, 2.24) is 15.2 Å². The van der Waals surface area contributed by atoms with Crippen LogP contribution >= 0.6 is 24.8 Å². The lowest BCUT2D eigenvalue weighted by atomic mass is 10.3. The lowest BCUT2D eigenvalue weighted by molar-refractivity contribution is -0.134. The molecule has 1 aliphatic rings. The van der Waals surface area contributed by atoms with Crippen molar-refractivity contribution in [3.63, 3.8) is 0 Å². The number of nitrogens with two attached hydrogens (primary N) is 1. The van der Waals surface area contributed by atoms with E-state index in [1.165, 1.54) is 6.34 Å². The summed E-state index contributed by atoms with van der Waals surface area (Å²) in [6.07, 6.45) is 1.40. The molecule has 9 heteroatoms. The zero-order valence-corrected chi connectivity index (χ0v) is 14.6. The number of hydrazine groups is 1. The van der Waals surface area contributed by atoms with Crippen molar-refractivity contribution in [2.75, 3.05) is 39.8 Å². The van der Waals surface area contributed by atoms with Crippen molar-refractivity contribution in [2.24, 2.45) is 10.8 Å². The number of aliphatic imine (C=N–C) groups is 1. The van der Waals surface area contributed by atoms with Gasteiger partial charge in [0, 0.05) is 26.2 Å². The van der Waals surface area contributed by atoms with Gasteiger partial charge in [-0.25, -0.2) is 10.8 Å². The quantitative estimate of drug-likeness (QED) is 0.350. The van der Waals surface area contributed by atoms with Crippen molar-refractivity contribution >= 4 is 42.7 Å². The molecule has 0 spiro atoms. The molecule has 1 saturated heterocycles. The fourth-order valence-corrected chi connectivity index (χ4v) is 2.03. The van der Waals surface area contributed by atoms with Crippen LogP contribution in [-0.4, -0.2) is 61.9 Å². The third-order valence-corrected chi connectivity index (χ3v) is 3.34. The number of benzene rings is 1. The van der Waals surface area contributed by atoms with E-state index in [9.17, 15) is 4.79 Å². The first-order valence-corrected chi connectivity index (χ1v) is 6.87. The second kappa shape index (κ2) is 11.1. The number of nitrogens with one attached hydrogen (secondary N) is 1. The number of halogens is 2. The van der Waals surface area contributed by atoms with Gasteiger partial charge in [0.15, 0.2) is 6.61 Å². The van der Waals surface area contributed by atoms with Gasteiger partial charge < -0.3 is 20.0 Å². The van der Waals surface area contributed by atoms with Crippen LogP contribution < -0.4 is 16.0 Å². The molecule has 0 radical (unpaired) electrons. The molecule has 2 rings (SSSR count). The Balaban J connectivity index is 0.00000242. The molecule has 0 saturated carbocycles. The summed E-state index contributed by atoms with van der Waals surface area (Å²) < 4.78 is 5.51. The minimum absolute atomic E-state index is 0. The molecule has 1 aliphatic heterocycles. The Kier molecular flexibility index (Phi) is 10.3. The second-order valence-corrected chi connectivity index (χ2v) is 4.89. The van der Waals surface area contributed by atoms with E-state index in [4.69, 9.17) is 10.6 Å². The van der Waals surface area contributed by atoms with Gasteiger partial charge in [0.2, 0.25) is 0 Å². The Hall–Kier alpha value is -1.54. The smallest absolute Gasteiger partial charge is 0.260 e. The van der Waals surface area contributed by atoms with Crippen molar-refractivity contribution in [3.05, 3.63) is 24.3 Å².